The molecule has 0 bridgehead atoms. The molecule has 7 heteroatoms. The Balaban J connectivity index is 1.80. The van der Waals surface area contributed by atoms with E-state index in [1.165, 1.54) is 11.3 Å². The van der Waals surface area contributed by atoms with Crippen molar-refractivity contribution in [3.05, 3.63) is 51.9 Å². The van der Waals surface area contributed by atoms with Crippen molar-refractivity contribution in [3.8, 4) is 17.2 Å². The lowest BCUT2D eigenvalue weighted by Gasteiger charge is -2.11. The van der Waals surface area contributed by atoms with Gasteiger partial charge in [-0.1, -0.05) is 11.6 Å². The average Bonchev–Trinajstić information content (AvgIpc) is 3.01. The Kier molecular flexibility index (Phi) is 5.54. The molecule has 136 valence electrons. The number of hydrogen-bond donors (Lipinski definition) is 1. The summed E-state index contributed by atoms with van der Waals surface area (Å²) in [5.41, 5.74) is 0.848. The molecule has 0 aliphatic rings. The summed E-state index contributed by atoms with van der Waals surface area (Å²) < 4.78 is 16.7. The highest BCUT2D eigenvalue weighted by Gasteiger charge is 2.18. The van der Waals surface area contributed by atoms with E-state index in [0.717, 1.165) is 21.4 Å². The Morgan fingerprint density at radius 2 is 1.73 bits per heavy atom. The molecular formula is C19H18ClNO4S. The number of halogens is 1. The highest BCUT2D eigenvalue weighted by Crippen LogP contribution is 2.37. The second-order valence-corrected chi connectivity index (χ2v) is 6.90. The summed E-state index contributed by atoms with van der Waals surface area (Å²) in [4.78, 5) is 13.1. The largest absolute Gasteiger partial charge is 0.497 e. The maximum atomic E-state index is 12.6. The molecule has 0 unspecified atom stereocenters. The third-order valence-electron chi connectivity index (χ3n) is 3.98. The van der Waals surface area contributed by atoms with Gasteiger partial charge < -0.3 is 19.5 Å². The van der Waals surface area contributed by atoms with Crippen LogP contribution in [0.1, 0.15) is 15.2 Å². The van der Waals surface area contributed by atoms with E-state index in [1.807, 2.05) is 30.3 Å². The highest BCUT2D eigenvalue weighted by molar-refractivity contribution is 7.21. The molecule has 3 aromatic rings. The summed E-state index contributed by atoms with van der Waals surface area (Å²) in [5, 5.41) is 4.18. The number of carbonyl (C=O) groups is 1. The number of rotatable bonds is 6. The first-order valence-electron chi connectivity index (χ1n) is 7.82. The van der Waals surface area contributed by atoms with Gasteiger partial charge in [0.05, 0.1) is 26.4 Å². The molecule has 1 N–H and O–H groups in total. The molecule has 0 aliphatic heterocycles. The van der Waals surface area contributed by atoms with E-state index in [-0.39, 0.29) is 5.91 Å². The molecule has 5 nitrogen and oxygen atoms in total. The fourth-order valence-electron chi connectivity index (χ4n) is 2.57. The molecular weight excluding hydrogens is 374 g/mol. The van der Waals surface area contributed by atoms with E-state index >= 15 is 0 Å². The number of fused-ring (bicyclic) bond motifs is 1. The van der Waals surface area contributed by atoms with Gasteiger partial charge in [0.1, 0.15) is 22.1 Å². The fourth-order valence-corrected chi connectivity index (χ4v) is 4.03. The van der Waals surface area contributed by atoms with Crippen LogP contribution in [0.4, 0.5) is 0 Å². The number of carbonyl (C=O) groups excluding carboxylic acids is 1. The zero-order chi connectivity index (χ0) is 18.7. The van der Waals surface area contributed by atoms with Crippen molar-refractivity contribution in [2.24, 2.45) is 0 Å². The summed E-state index contributed by atoms with van der Waals surface area (Å²) >= 11 is 7.73. The molecule has 1 heterocycles. The number of methoxy groups -OCH3 is 3. The zero-order valence-electron chi connectivity index (χ0n) is 14.6. The van der Waals surface area contributed by atoms with Crippen molar-refractivity contribution in [1.82, 2.24) is 5.32 Å². The van der Waals surface area contributed by atoms with Gasteiger partial charge in [0.2, 0.25) is 0 Å². The third-order valence-corrected chi connectivity index (χ3v) is 5.63. The molecule has 1 aromatic heterocycles. The van der Waals surface area contributed by atoms with Crippen LogP contribution in [0.25, 0.3) is 10.1 Å². The van der Waals surface area contributed by atoms with Crippen LogP contribution in [0.2, 0.25) is 5.02 Å². The molecule has 0 aliphatic carbocycles. The van der Waals surface area contributed by atoms with Crippen molar-refractivity contribution >= 4 is 38.9 Å². The maximum Gasteiger partial charge on any atom is 0.263 e. The molecule has 1 amide bonds. The number of hydrogen-bond acceptors (Lipinski definition) is 5. The van der Waals surface area contributed by atoms with Crippen LogP contribution in [0.15, 0.2) is 36.4 Å². The minimum Gasteiger partial charge on any atom is -0.497 e. The van der Waals surface area contributed by atoms with Crippen molar-refractivity contribution in [2.45, 2.75) is 6.54 Å². The van der Waals surface area contributed by atoms with E-state index in [4.69, 9.17) is 25.8 Å². The number of benzene rings is 2. The first-order chi connectivity index (χ1) is 12.6. The van der Waals surface area contributed by atoms with Gasteiger partial charge in [0.15, 0.2) is 0 Å². The second-order valence-electron chi connectivity index (χ2n) is 5.47. The normalized spacial score (nSPS) is 10.6. The first-order valence-corrected chi connectivity index (χ1v) is 9.02. The van der Waals surface area contributed by atoms with Crippen LogP contribution < -0.4 is 19.5 Å². The van der Waals surface area contributed by atoms with Crippen LogP contribution in [0.5, 0.6) is 17.2 Å². The summed E-state index contributed by atoms with van der Waals surface area (Å²) in [6.45, 7) is 0.319. The molecule has 0 saturated heterocycles. The smallest absolute Gasteiger partial charge is 0.263 e. The molecule has 26 heavy (non-hydrogen) atoms. The van der Waals surface area contributed by atoms with E-state index in [1.54, 1.807) is 27.4 Å². The van der Waals surface area contributed by atoms with E-state index < -0.39 is 0 Å². The minimum atomic E-state index is -0.229. The Hall–Kier alpha value is -2.44. The molecule has 0 radical (unpaired) electrons. The second kappa shape index (κ2) is 7.85. The van der Waals surface area contributed by atoms with Gasteiger partial charge in [-0.3, -0.25) is 4.79 Å². The summed E-state index contributed by atoms with van der Waals surface area (Å²) in [6, 6.07) is 11.0. The SMILES string of the molecule is COc1ccc(CNC(=O)c2sc3cc(OC)ccc3c2Cl)c(OC)c1. The number of ether oxygens (including phenoxy) is 3. The first kappa shape index (κ1) is 18.4. The van der Waals surface area contributed by atoms with Crippen molar-refractivity contribution in [1.29, 1.82) is 0 Å². The standard InChI is InChI=1S/C19H18ClNO4S/c1-23-12-5-4-11(15(8-12)25-3)10-21-19(22)18-17(20)14-7-6-13(24-2)9-16(14)26-18/h4-9H,10H2,1-3H3,(H,21,22). The van der Waals surface area contributed by atoms with Crippen molar-refractivity contribution < 1.29 is 19.0 Å². The van der Waals surface area contributed by atoms with Crippen LogP contribution in [0, 0.1) is 0 Å². The number of nitrogens with one attached hydrogen (secondary N) is 1. The lowest BCUT2D eigenvalue weighted by Crippen LogP contribution is -2.22. The van der Waals surface area contributed by atoms with Gasteiger partial charge in [-0.2, -0.15) is 0 Å². The zero-order valence-corrected chi connectivity index (χ0v) is 16.2. The van der Waals surface area contributed by atoms with E-state index in [9.17, 15) is 4.79 Å². The Morgan fingerprint density at radius 1 is 1.04 bits per heavy atom. The number of thiophene rings is 1. The average molecular weight is 392 g/mol. The van der Waals surface area contributed by atoms with E-state index in [0.29, 0.717) is 27.9 Å². The fraction of sp³-hybridized carbons (Fsp3) is 0.211. The maximum absolute atomic E-state index is 12.6. The van der Waals surface area contributed by atoms with Gasteiger partial charge >= 0.3 is 0 Å². The molecule has 0 atom stereocenters. The predicted octanol–water partition coefficient (Wildman–Crippen LogP) is 4.51. The van der Waals surface area contributed by atoms with Crippen molar-refractivity contribution in [3.63, 3.8) is 0 Å². The van der Waals surface area contributed by atoms with E-state index in [2.05, 4.69) is 5.32 Å². The molecule has 0 spiro atoms. The van der Waals surface area contributed by atoms with Gasteiger partial charge in [-0.25, -0.2) is 0 Å². The summed E-state index contributed by atoms with van der Waals surface area (Å²) in [5.74, 6) is 1.84. The van der Waals surface area contributed by atoms with Crippen LogP contribution in [-0.2, 0) is 6.54 Å². The monoisotopic (exact) mass is 391 g/mol. The van der Waals surface area contributed by atoms with Crippen LogP contribution in [0.3, 0.4) is 0 Å². The Morgan fingerprint density at radius 3 is 2.42 bits per heavy atom. The number of amides is 1. The van der Waals surface area contributed by atoms with Gasteiger partial charge in [-0.05, 0) is 30.3 Å². The molecule has 0 saturated carbocycles. The van der Waals surface area contributed by atoms with Crippen molar-refractivity contribution in [2.75, 3.05) is 21.3 Å². The molecule has 0 fully saturated rings. The molecule has 2 aromatic carbocycles. The summed E-state index contributed by atoms with van der Waals surface area (Å²) in [7, 11) is 4.78. The Labute approximate surface area is 160 Å². The lowest BCUT2D eigenvalue weighted by molar-refractivity contribution is 0.0955. The summed E-state index contributed by atoms with van der Waals surface area (Å²) in [6.07, 6.45) is 0. The Bertz CT molecular complexity index is 954. The third kappa shape index (κ3) is 3.57. The lowest BCUT2D eigenvalue weighted by atomic mass is 10.2. The molecule has 3 rings (SSSR count). The minimum absolute atomic E-state index is 0.229. The van der Waals surface area contributed by atoms with Gasteiger partial charge in [0, 0.05) is 28.3 Å². The van der Waals surface area contributed by atoms with Crippen LogP contribution in [-0.4, -0.2) is 27.2 Å². The van der Waals surface area contributed by atoms with Gasteiger partial charge in [0.25, 0.3) is 5.91 Å². The predicted molar refractivity (Wildman–Crippen MR) is 104 cm³/mol. The highest BCUT2D eigenvalue weighted by atomic mass is 35.5. The quantitative estimate of drug-likeness (QED) is 0.671. The topological polar surface area (TPSA) is 56.8 Å². The van der Waals surface area contributed by atoms with Crippen LogP contribution >= 0.6 is 22.9 Å². The van der Waals surface area contributed by atoms with Gasteiger partial charge in [-0.15, -0.1) is 11.3 Å².